The zero-order valence-corrected chi connectivity index (χ0v) is 13.9. The van der Waals surface area contributed by atoms with Gasteiger partial charge in [0.15, 0.2) is 0 Å². The van der Waals surface area contributed by atoms with E-state index in [1.54, 1.807) is 24.3 Å². The second-order valence-electron chi connectivity index (χ2n) is 5.88. The molecule has 3 aromatic rings. The lowest BCUT2D eigenvalue weighted by atomic mass is 10.3. The van der Waals surface area contributed by atoms with Crippen molar-refractivity contribution in [1.29, 1.82) is 0 Å². The molecule has 128 valence electrons. The lowest BCUT2D eigenvalue weighted by molar-refractivity contribution is -0.117. The van der Waals surface area contributed by atoms with Crippen LogP contribution in [0.4, 0.5) is 5.95 Å². The maximum Gasteiger partial charge on any atom is 0.339 e. The summed E-state index contributed by atoms with van der Waals surface area (Å²) in [7, 11) is -3.90. The van der Waals surface area contributed by atoms with E-state index in [9.17, 15) is 13.2 Å². The van der Waals surface area contributed by atoms with Crippen LogP contribution in [0.2, 0.25) is 0 Å². The van der Waals surface area contributed by atoms with Gasteiger partial charge in [-0.1, -0.05) is 18.2 Å². The van der Waals surface area contributed by atoms with Crippen LogP contribution in [-0.2, 0) is 14.9 Å². The molecule has 0 spiro atoms. The molecule has 1 saturated carbocycles. The van der Waals surface area contributed by atoms with E-state index >= 15 is 0 Å². The van der Waals surface area contributed by atoms with Gasteiger partial charge in [-0.05, 0) is 37.1 Å². The Balaban J connectivity index is 1.57. The molecule has 1 aliphatic carbocycles. The van der Waals surface area contributed by atoms with Crippen LogP contribution in [-0.4, -0.2) is 24.3 Å². The van der Waals surface area contributed by atoms with E-state index in [0.29, 0.717) is 17.0 Å². The van der Waals surface area contributed by atoms with Crippen molar-refractivity contribution in [3.05, 3.63) is 48.5 Å². The highest BCUT2D eigenvalue weighted by Crippen LogP contribution is 2.30. The number of imidazole rings is 1. The fraction of sp³-hybridized carbons (Fsp3) is 0.176. The molecule has 0 unspecified atom stereocenters. The summed E-state index contributed by atoms with van der Waals surface area (Å²) in [5, 5.41) is 2.72. The van der Waals surface area contributed by atoms with E-state index in [1.165, 1.54) is 24.3 Å². The van der Waals surface area contributed by atoms with Crippen LogP contribution >= 0.6 is 0 Å². The predicted octanol–water partition coefficient (Wildman–Crippen LogP) is 2.68. The third kappa shape index (κ3) is 3.34. The van der Waals surface area contributed by atoms with Gasteiger partial charge in [-0.2, -0.15) is 8.42 Å². The van der Waals surface area contributed by atoms with Crippen molar-refractivity contribution in [2.75, 3.05) is 5.32 Å². The standard InChI is InChI=1S/C17H15N3O4S/c21-16(11-6-7-11)20-17-18-14-9-8-12(10-15(14)19-17)24-25(22,23)13-4-2-1-3-5-13/h1-5,8-11H,6-7H2,(H2,18,19,20,21). The number of aromatic amines is 1. The number of anilines is 1. The van der Waals surface area contributed by atoms with E-state index < -0.39 is 10.1 Å². The average Bonchev–Trinajstić information content (AvgIpc) is 3.37. The van der Waals surface area contributed by atoms with Crippen molar-refractivity contribution in [2.24, 2.45) is 5.92 Å². The summed E-state index contributed by atoms with van der Waals surface area (Å²) in [6, 6.07) is 12.6. The van der Waals surface area contributed by atoms with Crippen molar-refractivity contribution in [3.63, 3.8) is 0 Å². The topological polar surface area (TPSA) is 101 Å². The maximum atomic E-state index is 12.3. The SMILES string of the molecule is O=C(Nc1nc2ccc(OS(=O)(=O)c3ccccc3)cc2[nH]1)C1CC1. The number of hydrogen-bond acceptors (Lipinski definition) is 5. The number of carbonyl (C=O) groups excluding carboxylic acids is 1. The number of amides is 1. The highest BCUT2D eigenvalue weighted by molar-refractivity contribution is 7.87. The van der Waals surface area contributed by atoms with Gasteiger partial charge in [0.25, 0.3) is 0 Å². The number of rotatable bonds is 5. The second-order valence-corrected chi connectivity index (χ2v) is 7.42. The van der Waals surface area contributed by atoms with Crippen molar-refractivity contribution < 1.29 is 17.4 Å². The van der Waals surface area contributed by atoms with Gasteiger partial charge in [0.1, 0.15) is 10.6 Å². The van der Waals surface area contributed by atoms with Crippen LogP contribution in [0.3, 0.4) is 0 Å². The van der Waals surface area contributed by atoms with E-state index in [1.807, 2.05) is 0 Å². The van der Waals surface area contributed by atoms with Crippen LogP contribution in [0.5, 0.6) is 5.75 Å². The van der Waals surface area contributed by atoms with Gasteiger partial charge in [-0.25, -0.2) is 4.98 Å². The molecule has 4 rings (SSSR count). The molecule has 0 bridgehead atoms. The van der Waals surface area contributed by atoms with Gasteiger partial charge in [0, 0.05) is 12.0 Å². The number of nitrogens with zero attached hydrogens (tertiary/aromatic N) is 1. The second kappa shape index (κ2) is 5.89. The van der Waals surface area contributed by atoms with Crippen molar-refractivity contribution in [3.8, 4) is 5.75 Å². The molecule has 8 heteroatoms. The summed E-state index contributed by atoms with van der Waals surface area (Å²) < 4.78 is 29.7. The summed E-state index contributed by atoms with van der Waals surface area (Å²) in [5.41, 5.74) is 1.18. The van der Waals surface area contributed by atoms with Crippen LogP contribution in [0.15, 0.2) is 53.4 Å². The largest absolute Gasteiger partial charge is 0.379 e. The lowest BCUT2D eigenvalue weighted by Gasteiger charge is -2.06. The first-order chi connectivity index (χ1) is 12.0. The van der Waals surface area contributed by atoms with Gasteiger partial charge in [-0.15, -0.1) is 0 Å². The Hall–Kier alpha value is -2.87. The van der Waals surface area contributed by atoms with E-state index in [-0.39, 0.29) is 22.5 Å². The smallest absolute Gasteiger partial charge is 0.339 e. The van der Waals surface area contributed by atoms with Gasteiger partial charge < -0.3 is 9.17 Å². The fourth-order valence-corrected chi connectivity index (χ4v) is 3.37. The summed E-state index contributed by atoms with van der Waals surface area (Å²) in [6.07, 6.45) is 1.81. The summed E-state index contributed by atoms with van der Waals surface area (Å²) >= 11 is 0. The molecule has 1 aliphatic rings. The van der Waals surface area contributed by atoms with Crippen LogP contribution in [0.25, 0.3) is 11.0 Å². The average molecular weight is 357 g/mol. The first-order valence-electron chi connectivity index (χ1n) is 7.81. The molecule has 1 heterocycles. The Morgan fingerprint density at radius 2 is 1.92 bits per heavy atom. The molecule has 2 aromatic carbocycles. The minimum absolute atomic E-state index is 0.0535. The molecule has 0 saturated heterocycles. The maximum absolute atomic E-state index is 12.3. The highest BCUT2D eigenvalue weighted by atomic mass is 32.2. The first-order valence-corrected chi connectivity index (χ1v) is 9.22. The number of benzene rings is 2. The number of H-pyrrole nitrogens is 1. The normalized spacial score (nSPS) is 14.4. The number of fused-ring (bicyclic) bond motifs is 1. The Morgan fingerprint density at radius 3 is 2.64 bits per heavy atom. The fourth-order valence-electron chi connectivity index (χ4n) is 2.43. The van der Waals surface area contributed by atoms with Crippen molar-refractivity contribution >= 4 is 33.0 Å². The minimum atomic E-state index is -3.90. The van der Waals surface area contributed by atoms with Gasteiger partial charge in [-0.3, -0.25) is 10.1 Å². The molecule has 7 nitrogen and oxygen atoms in total. The molecule has 0 atom stereocenters. The van der Waals surface area contributed by atoms with Crippen LogP contribution in [0.1, 0.15) is 12.8 Å². The van der Waals surface area contributed by atoms with Crippen molar-refractivity contribution in [2.45, 2.75) is 17.7 Å². The van der Waals surface area contributed by atoms with Crippen LogP contribution in [0, 0.1) is 5.92 Å². The van der Waals surface area contributed by atoms with Gasteiger partial charge in [0.2, 0.25) is 11.9 Å². The number of nitrogens with one attached hydrogen (secondary N) is 2. The minimum Gasteiger partial charge on any atom is -0.379 e. The summed E-state index contributed by atoms with van der Waals surface area (Å²) in [4.78, 5) is 19.1. The van der Waals surface area contributed by atoms with Gasteiger partial charge in [0.05, 0.1) is 11.0 Å². The lowest BCUT2D eigenvalue weighted by Crippen LogP contribution is -2.14. The summed E-state index contributed by atoms with van der Waals surface area (Å²) in [6.45, 7) is 0. The van der Waals surface area contributed by atoms with E-state index in [0.717, 1.165) is 12.8 Å². The Kier molecular flexibility index (Phi) is 3.69. The zero-order valence-electron chi connectivity index (χ0n) is 13.1. The number of aromatic nitrogens is 2. The molecule has 0 radical (unpaired) electrons. The molecule has 1 amide bonds. The van der Waals surface area contributed by atoms with Gasteiger partial charge >= 0.3 is 10.1 Å². The molecule has 0 aliphatic heterocycles. The first kappa shape index (κ1) is 15.6. The molecular formula is C17H15N3O4S. The van der Waals surface area contributed by atoms with E-state index in [2.05, 4.69) is 15.3 Å². The molecule has 1 fully saturated rings. The van der Waals surface area contributed by atoms with Crippen molar-refractivity contribution in [1.82, 2.24) is 9.97 Å². The summed E-state index contributed by atoms with van der Waals surface area (Å²) in [5.74, 6) is 0.528. The Morgan fingerprint density at radius 1 is 1.16 bits per heavy atom. The Labute approximate surface area is 144 Å². The third-order valence-electron chi connectivity index (χ3n) is 3.88. The molecule has 2 N–H and O–H groups in total. The molecular weight excluding hydrogens is 342 g/mol. The predicted molar refractivity (Wildman–Crippen MR) is 91.7 cm³/mol. The number of hydrogen-bond donors (Lipinski definition) is 2. The molecule has 1 aromatic heterocycles. The van der Waals surface area contributed by atoms with Crippen LogP contribution < -0.4 is 9.50 Å². The van der Waals surface area contributed by atoms with E-state index in [4.69, 9.17) is 4.18 Å². The zero-order chi connectivity index (χ0) is 17.4. The third-order valence-corrected chi connectivity index (χ3v) is 5.14. The monoisotopic (exact) mass is 357 g/mol. The highest BCUT2D eigenvalue weighted by Gasteiger charge is 2.30. The quantitative estimate of drug-likeness (QED) is 0.684. The number of carbonyl (C=O) groups is 1. The molecule has 25 heavy (non-hydrogen) atoms. The Bertz CT molecular complexity index is 1040.